The second-order valence-electron chi connectivity index (χ2n) is 6.48. The predicted octanol–water partition coefficient (Wildman–Crippen LogP) is 2.09. The summed E-state index contributed by atoms with van der Waals surface area (Å²) in [5.74, 6) is -0.286. The monoisotopic (exact) mass is 320 g/mol. The van der Waals surface area contributed by atoms with Gasteiger partial charge in [-0.1, -0.05) is 24.6 Å². The molecule has 0 atom stereocenters. The average Bonchev–Trinajstić information content (AvgIpc) is 2.53. The standard InChI is InChI=1S/C18H25FN2O2/c19-16-6-2-1-5-15(16)18(7-3-8-18)17(22)20-9-4-10-21-11-13-23-14-12-21/h1-2,5-6H,3-4,7-14H2,(H,20,22). The van der Waals surface area contributed by atoms with Crippen molar-refractivity contribution < 1.29 is 13.9 Å². The van der Waals surface area contributed by atoms with Gasteiger partial charge in [0.15, 0.2) is 0 Å². The summed E-state index contributed by atoms with van der Waals surface area (Å²) < 4.78 is 19.4. The lowest BCUT2D eigenvalue weighted by Crippen LogP contribution is -2.50. The van der Waals surface area contributed by atoms with E-state index in [1.54, 1.807) is 12.1 Å². The first-order valence-electron chi connectivity index (χ1n) is 8.56. The van der Waals surface area contributed by atoms with Crippen molar-refractivity contribution in [1.29, 1.82) is 0 Å². The topological polar surface area (TPSA) is 41.6 Å². The molecule has 1 aromatic carbocycles. The van der Waals surface area contributed by atoms with Crippen LogP contribution >= 0.6 is 0 Å². The van der Waals surface area contributed by atoms with E-state index in [0.29, 0.717) is 12.1 Å². The van der Waals surface area contributed by atoms with Crippen molar-refractivity contribution >= 4 is 5.91 Å². The van der Waals surface area contributed by atoms with Gasteiger partial charge in [0, 0.05) is 25.2 Å². The van der Waals surface area contributed by atoms with Crippen LogP contribution in [0.15, 0.2) is 24.3 Å². The van der Waals surface area contributed by atoms with Crippen LogP contribution in [0.1, 0.15) is 31.2 Å². The highest BCUT2D eigenvalue weighted by atomic mass is 19.1. The Morgan fingerprint density at radius 2 is 2.00 bits per heavy atom. The smallest absolute Gasteiger partial charge is 0.230 e. The maximum atomic E-state index is 14.1. The highest BCUT2D eigenvalue weighted by Crippen LogP contribution is 2.44. The van der Waals surface area contributed by atoms with Crippen LogP contribution in [-0.2, 0) is 14.9 Å². The number of ether oxygens (including phenoxy) is 1. The molecule has 23 heavy (non-hydrogen) atoms. The summed E-state index contributed by atoms with van der Waals surface area (Å²) in [7, 11) is 0. The molecule has 1 aliphatic carbocycles. The summed E-state index contributed by atoms with van der Waals surface area (Å²) >= 11 is 0. The van der Waals surface area contributed by atoms with Gasteiger partial charge in [-0.15, -0.1) is 0 Å². The Morgan fingerprint density at radius 1 is 1.26 bits per heavy atom. The van der Waals surface area contributed by atoms with E-state index < -0.39 is 5.41 Å². The summed E-state index contributed by atoms with van der Waals surface area (Å²) in [6, 6.07) is 6.68. The first kappa shape index (κ1) is 16.4. The fraction of sp³-hybridized carbons (Fsp3) is 0.611. The lowest BCUT2D eigenvalue weighted by atomic mass is 9.63. The van der Waals surface area contributed by atoms with Gasteiger partial charge in [-0.2, -0.15) is 0 Å². The third kappa shape index (κ3) is 3.56. The number of halogens is 1. The Bertz CT molecular complexity index is 540. The molecular weight excluding hydrogens is 295 g/mol. The number of rotatable bonds is 6. The molecule has 1 aliphatic heterocycles. The number of carbonyl (C=O) groups excluding carboxylic acids is 1. The van der Waals surface area contributed by atoms with E-state index in [1.165, 1.54) is 6.07 Å². The Kier molecular flexibility index (Phi) is 5.28. The highest BCUT2D eigenvalue weighted by molar-refractivity contribution is 5.89. The molecule has 0 spiro atoms. The Morgan fingerprint density at radius 3 is 2.65 bits per heavy atom. The van der Waals surface area contributed by atoms with Crippen LogP contribution < -0.4 is 5.32 Å². The maximum absolute atomic E-state index is 14.1. The van der Waals surface area contributed by atoms with Crippen LogP contribution in [0.25, 0.3) is 0 Å². The Hall–Kier alpha value is -1.46. The minimum atomic E-state index is -0.649. The van der Waals surface area contributed by atoms with Crippen molar-refractivity contribution in [2.75, 3.05) is 39.4 Å². The van der Waals surface area contributed by atoms with Crippen molar-refractivity contribution in [2.45, 2.75) is 31.1 Å². The lowest BCUT2D eigenvalue weighted by molar-refractivity contribution is -0.130. The van der Waals surface area contributed by atoms with Gasteiger partial charge >= 0.3 is 0 Å². The molecule has 126 valence electrons. The van der Waals surface area contributed by atoms with Crippen molar-refractivity contribution in [2.24, 2.45) is 0 Å². The number of nitrogens with zero attached hydrogens (tertiary/aromatic N) is 1. The van der Waals surface area contributed by atoms with Gasteiger partial charge in [0.25, 0.3) is 0 Å². The van der Waals surface area contributed by atoms with Crippen LogP contribution in [-0.4, -0.2) is 50.2 Å². The molecule has 0 radical (unpaired) electrons. The minimum absolute atomic E-state index is 0.0178. The quantitative estimate of drug-likeness (QED) is 0.816. The van der Waals surface area contributed by atoms with Gasteiger partial charge in [0.2, 0.25) is 5.91 Å². The number of benzene rings is 1. The van der Waals surface area contributed by atoms with E-state index in [1.807, 2.05) is 6.07 Å². The fourth-order valence-electron chi connectivity index (χ4n) is 3.50. The van der Waals surface area contributed by atoms with Crippen LogP contribution in [0.2, 0.25) is 0 Å². The average molecular weight is 320 g/mol. The van der Waals surface area contributed by atoms with E-state index in [4.69, 9.17) is 4.74 Å². The predicted molar refractivity (Wildman–Crippen MR) is 86.8 cm³/mol. The molecule has 3 rings (SSSR count). The summed E-state index contributed by atoms with van der Waals surface area (Å²) in [5, 5.41) is 3.03. The molecule has 1 aromatic rings. The van der Waals surface area contributed by atoms with E-state index in [2.05, 4.69) is 10.2 Å². The van der Waals surface area contributed by atoms with Crippen LogP contribution in [0.4, 0.5) is 4.39 Å². The Labute approximate surface area is 137 Å². The number of nitrogens with one attached hydrogen (secondary N) is 1. The molecule has 1 heterocycles. The van der Waals surface area contributed by atoms with Gasteiger partial charge in [-0.25, -0.2) is 4.39 Å². The first-order valence-corrected chi connectivity index (χ1v) is 8.56. The second-order valence-corrected chi connectivity index (χ2v) is 6.48. The number of amides is 1. The van der Waals surface area contributed by atoms with E-state index >= 15 is 0 Å². The summed E-state index contributed by atoms with van der Waals surface area (Å²) in [6.07, 6.45) is 3.38. The summed E-state index contributed by atoms with van der Waals surface area (Å²) in [5.41, 5.74) is -0.0958. The molecule has 0 aromatic heterocycles. The number of carbonyl (C=O) groups is 1. The summed E-state index contributed by atoms with van der Waals surface area (Å²) in [4.78, 5) is 15.0. The Balaban J connectivity index is 1.51. The zero-order chi connectivity index (χ0) is 16.1. The van der Waals surface area contributed by atoms with E-state index in [-0.39, 0.29) is 11.7 Å². The van der Waals surface area contributed by atoms with Crippen molar-refractivity contribution in [3.8, 4) is 0 Å². The number of hydrogen-bond acceptors (Lipinski definition) is 3. The van der Waals surface area contributed by atoms with Gasteiger partial charge in [0.05, 0.1) is 18.6 Å². The summed E-state index contributed by atoms with van der Waals surface area (Å²) in [6.45, 7) is 5.13. The number of hydrogen-bond donors (Lipinski definition) is 1. The molecule has 1 saturated heterocycles. The second kappa shape index (κ2) is 7.41. The van der Waals surface area contributed by atoms with Crippen molar-refractivity contribution in [3.05, 3.63) is 35.6 Å². The minimum Gasteiger partial charge on any atom is -0.379 e. The van der Waals surface area contributed by atoms with Gasteiger partial charge in [-0.05, 0) is 31.9 Å². The third-order valence-electron chi connectivity index (χ3n) is 5.07. The van der Waals surface area contributed by atoms with Crippen LogP contribution in [0.3, 0.4) is 0 Å². The molecule has 2 fully saturated rings. The van der Waals surface area contributed by atoms with Gasteiger partial charge < -0.3 is 10.1 Å². The third-order valence-corrected chi connectivity index (χ3v) is 5.07. The molecule has 2 aliphatic rings. The fourth-order valence-corrected chi connectivity index (χ4v) is 3.50. The van der Waals surface area contributed by atoms with Crippen LogP contribution in [0.5, 0.6) is 0 Å². The molecule has 5 heteroatoms. The van der Waals surface area contributed by atoms with Crippen LogP contribution in [0, 0.1) is 5.82 Å². The molecule has 1 saturated carbocycles. The lowest BCUT2D eigenvalue weighted by Gasteiger charge is -2.40. The van der Waals surface area contributed by atoms with Gasteiger partial charge in [-0.3, -0.25) is 9.69 Å². The van der Waals surface area contributed by atoms with Crippen molar-refractivity contribution in [1.82, 2.24) is 10.2 Å². The normalized spacial score (nSPS) is 20.7. The highest BCUT2D eigenvalue weighted by Gasteiger charge is 2.46. The molecule has 1 amide bonds. The molecule has 0 unspecified atom stereocenters. The van der Waals surface area contributed by atoms with Gasteiger partial charge in [0.1, 0.15) is 5.82 Å². The largest absolute Gasteiger partial charge is 0.379 e. The maximum Gasteiger partial charge on any atom is 0.230 e. The molecule has 0 bridgehead atoms. The molecular formula is C18H25FN2O2. The van der Waals surface area contributed by atoms with E-state index in [9.17, 15) is 9.18 Å². The van der Waals surface area contributed by atoms with Crippen molar-refractivity contribution in [3.63, 3.8) is 0 Å². The zero-order valence-corrected chi connectivity index (χ0v) is 13.5. The zero-order valence-electron chi connectivity index (χ0n) is 13.5. The SMILES string of the molecule is O=C(NCCCN1CCOCC1)C1(c2ccccc2F)CCC1. The first-order chi connectivity index (χ1) is 11.2. The van der Waals surface area contributed by atoms with E-state index in [0.717, 1.165) is 58.5 Å². The molecule has 1 N–H and O–H groups in total. The molecule has 4 nitrogen and oxygen atoms in total. The number of morpholine rings is 1.